The van der Waals surface area contributed by atoms with E-state index in [1.54, 1.807) is 0 Å². The predicted octanol–water partition coefficient (Wildman–Crippen LogP) is 2.98. The van der Waals surface area contributed by atoms with E-state index >= 15 is 0 Å². The molecule has 0 saturated heterocycles. The van der Waals surface area contributed by atoms with E-state index in [0.717, 1.165) is 0 Å². The standard InChI is InChI=1S/C8H11.BrH.Mg.H3N/c1-7-3-5-8(2)6-4-7;;;/h3-5H,6H2,1-2H3;1H;;1H3/q;;+2;. The second-order valence-corrected chi connectivity index (χ2v) is 4.75. The largest absolute Gasteiger partial charge is 1.42 e. The number of halogens is 1. The molecular weight excluding hydrogens is 214 g/mol. The lowest BCUT2D eigenvalue weighted by atomic mass is 9.98. The number of hydrogen-bond acceptors (Lipinski definition) is 1. The van der Waals surface area contributed by atoms with Crippen LogP contribution in [-0.2, 0) is 0 Å². The van der Waals surface area contributed by atoms with Gasteiger partial charge in [0.2, 0.25) is 0 Å². The summed E-state index contributed by atoms with van der Waals surface area (Å²) in [7, 11) is 0. The molecule has 0 aromatic carbocycles. The lowest BCUT2D eigenvalue weighted by Gasteiger charge is -2.03. The van der Waals surface area contributed by atoms with Gasteiger partial charge in [-0.25, -0.2) is 0 Å². The highest BCUT2D eigenvalue weighted by Crippen LogP contribution is 2.31. The van der Waals surface area contributed by atoms with Crippen LogP contribution in [0.25, 0.3) is 0 Å². The lowest BCUT2D eigenvalue weighted by Crippen LogP contribution is -2.05. The van der Waals surface area contributed by atoms with E-state index in [0.29, 0.717) is 3.54 Å². The first-order valence-corrected chi connectivity index (χ1v) is 4.02. The molecule has 0 heterocycles. The van der Waals surface area contributed by atoms with E-state index in [1.807, 2.05) is 0 Å². The molecule has 0 bridgehead atoms. The second-order valence-electron chi connectivity index (χ2n) is 3.14. The van der Waals surface area contributed by atoms with Crippen LogP contribution < -0.4 is 6.15 Å². The van der Waals surface area contributed by atoms with Crippen LogP contribution in [0.15, 0.2) is 23.8 Å². The van der Waals surface area contributed by atoms with E-state index in [1.165, 1.54) is 12.0 Å². The van der Waals surface area contributed by atoms with Crippen molar-refractivity contribution in [2.24, 2.45) is 0 Å². The molecule has 1 nitrogen and oxygen atoms in total. The first-order chi connectivity index (χ1) is 4.10. The average Bonchev–Trinajstić information content (AvgIpc) is 1.78. The highest BCUT2D eigenvalue weighted by molar-refractivity contribution is 8.93. The van der Waals surface area contributed by atoms with Crippen LogP contribution in [0.2, 0.25) is 3.54 Å². The van der Waals surface area contributed by atoms with E-state index in [2.05, 4.69) is 53.8 Å². The third-order valence-corrected chi connectivity index (χ3v) is 2.16. The van der Waals surface area contributed by atoms with Crippen LogP contribution in [0.3, 0.4) is 0 Å². The summed E-state index contributed by atoms with van der Waals surface area (Å²) < 4.78 is 0.430. The van der Waals surface area contributed by atoms with E-state index in [4.69, 9.17) is 0 Å². The van der Waals surface area contributed by atoms with Crippen molar-refractivity contribution < 1.29 is 0 Å². The van der Waals surface area contributed by atoms with Gasteiger partial charge in [-0.05, 0) is 13.0 Å². The van der Waals surface area contributed by atoms with Gasteiger partial charge in [-0.15, -0.1) is 17.0 Å². The van der Waals surface area contributed by atoms with Crippen LogP contribution in [0.4, 0.5) is 0 Å². The summed E-state index contributed by atoms with van der Waals surface area (Å²) in [4.78, 5) is 0. The zero-order chi connectivity index (χ0) is 6.91. The van der Waals surface area contributed by atoms with Crippen molar-refractivity contribution >= 4 is 38.7 Å². The fourth-order valence-electron chi connectivity index (χ4n) is 0.863. The molecular formula is C8H15BrMgN+2. The quantitative estimate of drug-likeness (QED) is 0.637. The third kappa shape index (κ3) is 5.01. The molecule has 0 fully saturated rings. The Balaban J connectivity index is 0. The summed E-state index contributed by atoms with van der Waals surface area (Å²) in [5.74, 6) is 0. The van der Waals surface area contributed by atoms with Crippen molar-refractivity contribution in [1.82, 2.24) is 6.15 Å². The van der Waals surface area contributed by atoms with Gasteiger partial charge in [-0.3, -0.25) is 0 Å². The summed E-state index contributed by atoms with van der Waals surface area (Å²) >= 11 is 2.06. The smallest absolute Gasteiger partial charge is 0.344 e. The highest BCUT2D eigenvalue weighted by Gasteiger charge is 2.54. The SMILES string of the molecule is Br.CC1=CC[C](C)([Mg+2])C=C1.N. The Morgan fingerprint density at radius 1 is 1.55 bits per heavy atom. The summed E-state index contributed by atoms with van der Waals surface area (Å²) in [6.07, 6.45) is 8.00. The molecule has 1 aliphatic rings. The molecule has 1 unspecified atom stereocenters. The molecule has 1 aliphatic carbocycles. The van der Waals surface area contributed by atoms with E-state index in [-0.39, 0.29) is 23.1 Å². The molecule has 3 heteroatoms. The van der Waals surface area contributed by atoms with Gasteiger partial charge in [0, 0.05) is 13.3 Å². The minimum atomic E-state index is 0. The van der Waals surface area contributed by atoms with Crippen LogP contribution in [0, 0.1) is 0 Å². The Hall–Kier alpha value is 0.686. The molecule has 0 aromatic heterocycles. The molecule has 1 atom stereocenters. The molecule has 0 aliphatic heterocycles. The fraction of sp³-hybridized carbons (Fsp3) is 0.500. The number of allylic oxidation sites excluding steroid dienone is 4. The van der Waals surface area contributed by atoms with Crippen molar-refractivity contribution in [2.75, 3.05) is 0 Å². The summed E-state index contributed by atoms with van der Waals surface area (Å²) in [5, 5.41) is 0. The van der Waals surface area contributed by atoms with Crippen LogP contribution in [0.1, 0.15) is 20.3 Å². The molecule has 3 N–H and O–H groups in total. The Morgan fingerprint density at radius 3 is 2.36 bits per heavy atom. The Labute approximate surface area is 92.1 Å². The van der Waals surface area contributed by atoms with Crippen LogP contribution >= 0.6 is 17.0 Å². The summed E-state index contributed by atoms with van der Waals surface area (Å²) in [6, 6.07) is 0. The number of hydrogen-bond donors (Lipinski definition) is 1. The Kier molecular flexibility index (Phi) is 6.92. The van der Waals surface area contributed by atoms with Crippen molar-refractivity contribution in [3.05, 3.63) is 23.8 Å². The summed E-state index contributed by atoms with van der Waals surface area (Å²) in [5.41, 5.74) is 1.40. The van der Waals surface area contributed by atoms with Crippen molar-refractivity contribution in [1.29, 1.82) is 0 Å². The van der Waals surface area contributed by atoms with Gasteiger partial charge in [0.05, 0.1) is 0 Å². The van der Waals surface area contributed by atoms with Gasteiger partial charge >= 0.3 is 25.3 Å². The molecule has 0 aromatic rings. The lowest BCUT2D eigenvalue weighted by molar-refractivity contribution is 0.758. The first kappa shape index (κ1) is 14.2. The van der Waals surface area contributed by atoms with Gasteiger partial charge < -0.3 is 6.15 Å². The molecule has 59 valence electrons. The highest BCUT2D eigenvalue weighted by atomic mass is 79.9. The normalized spacial score (nSPS) is 28.1. The predicted molar refractivity (Wildman–Crippen MR) is 57.0 cm³/mol. The number of rotatable bonds is 0. The topological polar surface area (TPSA) is 35.0 Å². The van der Waals surface area contributed by atoms with E-state index < -0.39 is 0 Å². The molecule has 11 heavy (non-hydrogen) atoms. The first-order valence-electron chi connectivity index (χ1n) is 3.31. The van der Waals surface area contributed by atoms with Crippen LogP contribution in [0.5, 0.6) is 0 Å². The van der Waals surface area contributed by atoms with Gasteiger partial charge in [0.1, 0.15) is 0 Å². The van der Waals surface area contributed by atoms with Crippen LogP contribution in [-0.4, -0.2) is 21.7 Å². The fourth-order valence-corrected chi connectivity index (χ4v) is 1.13. The van der Waals surface area contributed by atoms with Gasteiger partial charge in [0.15, 0.2) is 0 Å². The zero-order valence-corrected chi connectivity index (χ0v) is 10.4. The molecule has 1 rings (SSSR count). The van der Waals surface area contributed by atoms with E-state index in [9.17, 15) is 0 Å². The molecule has 0 amide bonds. The maximum absolute atomic E-state index is 2.30. The maximum Gasteiger partial charge on any atom is 1.42 e. The minimum absolute atomic E-state index is 0. The Morgan fingerprint density at radius 2 is 2.09 bits per heavy atom. The van der Waals surface area contributed by atoms with Crippen molar-refractivity contribution in [3.63, 3.8) is 0 Å². The van der Waals surface area contributed by atoms with Gasteiger partial charge in [-0.1, -0.05) is 17.7 Å². The average molecular weight is 229 g/mol. The molecule has 0 spiro atoms. The Bertz CT molecular complexity index is 173. The van der Waals surface area contributed by atoms with Gasteiger partial charge in [0.25, 0.3) is 0 Å². The molecule has 7 radical (unpaired) electrons. The maximum atomic E-state index is 2.30. The second kappa shape index (κ2) is 5.35. The monoisotopic (exact) mass is 228 g/mol. The van der Waals surface area contributed by atoms with Crippen molar-refractivity contribution in [3.8, 4) is 0 Å². The minimum Gasteiger partial charge on any atom is -0.344 e. The molecule has 0 saturated carbocycles. The summed E-state index contributed by atoms with van der Waals surface area (Å²) in [6.45, 7) is 4.42. The van der Waals surface area contributed by atoms with Crippen molar-refractivity contribution in [2.45, 2.75) is 23.8 Å². The van der Waals surface area contributed by atoms with Gasteiger partial charge in [-0.2, -0.15) is 0 Å². The third-order valence-electron chi connectivity index (χ3n) is 1.64. The zero-order valence-electron chi connectivity index (χ0n) is 7.26.